The van der Waals surface area contributed by atoms with Crippen LogP contribution in [0.25, 0.3) is 11.2 Å². The third-order valence-corrected chi connectivity index (χ3v) is 5.12. The van der Waals surface area contributed by atoms with E-state index in [9.17, 15) is 0 Å². The first kappa shape index (κ1) is 14.8. The summed E-state index contributed by atoms with van der Waals surface area (Å²) in [6.07, 6.45) is 7.25. The predicted molar refractivity (Wildman–Crippen MR) is 87.7 cm³/mol. The summed E-state index contributed by atoms with van der Waals surface area (Å²) in [5, 5.41) is -0.0857. The Morgan fingerprint density at radius 3 is 2.86 bits per heavy atom. The number of nitrogens with zero attached hydrogens (tertiary/aromatic N) is 3. The molecular weight excluding hydrogens is 282 g/mol. The zero-order valence-corrected chi connectivity index (χ0v) is 13.9. The zero-order chi connectivity index (χ0) is 15.0. The molecule has 0 aliphatic heterocycles. The van der Waals surface area contributed by atoms with Gasteiger partial charge in [-0.25, -0.2) is 9.97 Å². The molecule has 0 N–H and O–H groups in total. The summed E-state index contributed by atoms with van der Waals surface area (Å²) in [7, 11) is 0. The second-order valence-corrected chi connectivity index (χ2v) is 7.17. The number of halogens is 1. The van der Waals surface area contributed by atoms with Crippen LogP contribution in [0.4, 0.5) is 0 Å². The van der Waals surface area contributed by atoms with Crippen molar-refractivity contribution in [3.63, 3.8) is 0 Å². The Labute approximate surface area is 131 Å². The van der Waals surface area contributed by atoms with Crippen molar-refractivity contribution < 1.29 is 0 Å². The number of imidazole rings is 1. The maximum absolute atomic E-state index is 6.38. The molecule has 1 fully saturated rings. The maximum Gasteiger partial charge on any atom is 0.160 e. The summed E-state index contributed by atoms with van der Waals surface area (Å²) in [6, 6.07) is 2.02. The molecule has 114 valence electrons. The second-order valence-electron chi connectivity index (χ2n) is 6.52. The van der Waals surface area contributed by atoms with E-state index in [4.69, 9.17) is 16.6 Å². The first-order chi connectivity index (χ1) is 10.1. The zero-order valence-electron chi connectivity index (χ0n) is 13.1. The third-order valence-electron chi connectivity index (χ3n) is 4.93. The molecule has 0 radical (unpaired) electrons. The van der Waals surface area contributed by atoms with Gasteiger partial charge in [-0.05, 0) is 43.7 Å². The van der Waals surface area contributed by atoms with E-state index < -0.39 is 0 Å². The number of alkyl halides is 1. The van der Waals surface area contributed by atoms with Crippen LogP contribution in [0.2, 0.25) is 0 Å². The SMILES string of the molecule is Cc1ccnc2c1nc(C(C)Cl)n2CC1CCCCC1C. The number of rotatable bonds is 3. The highest BCUT2D eigenvalue weighted by molar-refractivity contribution is 6.20. The van der Waals surface area contributed by atoms with Crippen molar-refractivity contribution in [3.8, 4) is 0 Å². The average molecular weight is 306 g/mol. The number of fused-ring (bicyclic) bond motifs is 1. The van der Waals surface area contributed by atoms with Crippen molar-refractivity contribution in [2.75, 3.05) is 0 Å². The third kappa shape index (κ3) is 2.80. The molecule has 2 aromatic heterocycles. The van der Waals surface area contributed by atoms with Gasteiger partial charge in [0.1, 0.15) is 11.3 Å². The van der Waals surface area contributed by atoms with Crippen LogP contribution in [-0.2, 0) is 6.54 Å². The van der Waals surface area contributed by atoms with Gasteiger partial charge in [0.2, 0.25) is 0 Å². The molecule has 0 amide bonds. The maximum atomic E-state index is 6.38. The first-order valence-corrected chi connectivity index (χ1v) is 8.47. The molecule has 0 aromatic carbocycles. The standard InChI is InChI=1S/C17H24ClN3/c1-11-6-4-5-7-14(11)10-21-16(13(3)18)20-15-12(2)8-9-19-17(15)21/h8-9,11,13-14H,4-7,10H2,1-3H3. The summed E-state index contributed by atoms with van der Waals surface area (Å²) in [5.41, 5.74) is 3.17. The first-order valence-electron chi connectivity index (χ1n) is 8.03. The largest absolute Gasteiger partial charge is 0.311 e. The Morgan fingerprint density at radius 1 is 1.38 bits per heavy atom. The van der Waals surface area contributed by atoms with E-state index in [0.29, 0.717) is 5.92 Å². The lowest BCUT2D eigenvalue weighted by Crippen LogP contribution is -2.23. The quantitative estimate of drug-likeness (QED) is 0.758. The lowest BCUT2D eigenvalue weighted by molar-refractivity contribution is 0.228. The summed E-state index contributed by atoms with van der Waals surface area (Å²) in [6.45, 7) is 7.47. The van der Waals surface area contributed by atoms with Crippen molar-refractivity contribution in [1.29, 1.82) is 0 Å². The molecule has 1 saturated carbocycles. The van der Waals surface area contributed by atoms with Crippen molar-refractivity contribution in [2.24, 2.45) is 11.8 Å². The van der Waals surface area contributed by atoms with Crippen molar-refractivity contribution >= 4 is 22.8 Å². The van der Waals surface area contributed by atoms with E-state index >= 15 is 0 Å². The van der Waals surface area contributed by atoms with E-state index in [1.807, 2.05) is 19.2 Å². The van der Waals surface area contributed by atoms with Crippen LogP contribution in [0.1, 0.15) is 56.3 Å². The Hall–Kier alpha value is -1.09. The fourth-order valence-corrected chi connectivity index (χ4v) is 3.70. The van der Waals surface area contributed by atoms with Gasteiger partial charge in [0.05, 0.1) is 5.38 Å². The van der Waals surface area contributed by atoms with Crippen molar-refractivity contribution in [2.45, 2.75) is 58.4 Å². The highest BCUT2D eigenvalue weighted by Crippen LogP contribution is 2.33. The molecule has 2 aromatic rings. The van der Waals surface area contributed by atoms with Gasteiger partial charge in [-0.1, -0.05) is 26.2 Å². The Kier molecular flexibility index (Phi) is 4.21. The minimum atomic E-state index is -0.0857. The van der Waals surface area contributed by atoms with Crippen molar-refractivity contribution in [1.82, 2.24) is 14.5 Å². The monoisotopic (exact) mass is 305 g/mol. The molecule has 1 aliphatic carbocycles. The number of aryl methyl sites for hydroxylation is 1. The topological polar surface area (TPSA) is 30.7 Å². The summed E-state index contributed by atoms with van der Waals surface area (Å²) < 4.78 is 2.27. The second kappa shape index (κ2) is 5.96. The Balaban J connectivity index is 2.03. The summed E-state index contributed by atoms with van der Waals surface area (Å²) >= 11 is 6.38. The normalized spacial score (nSPS) is 24.4. The number of hydrogen-bond acceptors (Lipinski definition) is 2. The van der Waals surface area contributed by atoms with E-state index in [2.05, 4.69) is 23.4 Å². The van der Waals surface area contributed by atoms with Crippen LogP contribution >= 0.6 is 11.6 Å². The van der Waals surface area contributed by atoms with Crippen LogP contribution in [0.3, 0.4) is 0 Å². The molecule has 0 spiro atoms. The number of aromatic nitrogens is 3. The van der Waals surface area contributed by atoms with Crippen LogP contribution in [0.15, 0.2) is 12.3 Å². The van der Waals surface area contributed by atoms with E-state index in [1.54, 1.807) is 0 Å². The molecule has 1 aliphatic rings. The van der Waals surface area contributed by atoms with Crippen molar-refractivity contribution in [3.05, 3.63) is 23.7 Å². The van der Waals surface area contributed by atoms with Gasteiger partial charge in [0, 0.05) is 12.7 Å². The van der Waals surface area contributed by atoms with E-state index in [0.717, 1.165) is 29.5 Å². The van der Waals surface area contributed by atoms with Gasteiger partial charge < -0.3 is 4.57 Å². The minimum absolute atomic E-state index is 0.0857. The van der Waals surface area contributed by atoms with Crippen LogP contribution in [0.5, 0.6) is 0 Å². The summed E-state index contributed by atoms with van der Waals surface area (Å²) in [4.78, 5) is 9.35. The lowest BCUT2D eigenvalue weighted by Gasteiger charge is -2.29. The van der Waals surface area contributed by atoms with Gasteiger partial charge in [-0.2, -0.15) is 0 Å². The fourth-order valence-electron chi connectivity index (χ4n) is 3.54. The van der Waals surface area contributed by atoms with Gasteiger partial charge in [-0.3, -0.25) is 0 Å². The molecule has 3 rings (SSSR count). The van der Waals surface area contributed by atoms with Gasteiger partial charge >= 0.3 is 0 Å². The molecule has 0 bridgehead atoms. The highest BCUT2D eigenvalue weighted by Gasteiger charge is 2.25. The van der Waals surface area contributed by atoms with Gasteiger partial charge in [0.25, 0.3) is 0 Å². The molecule has 4 heteroatoms. The Morgan fingerprint density at radius 2 is 2.14 bits per heavy atom. The summed E-state index contributed by atoms with van der Waals surface area (Å²) in [5.74, 6) is 2.46. The molecular formula is C17H24ClN3. The highest BCUT2D eigenvalue weighted by atomic mass is 35.5. The average Bonchev–Trinajstić information content (AvgIpc) is 2.82. The fraction of sp³-hybridized carbons (Fsp3) is 0.647. The number of pyridine rings is 1. The smallest absolute Gasteiger partial charge is 0.160 e. The molecule has 3 nitrogen and oxygen atoms in total. The molecule has 3 unspecified atom stereocenters. The molecule has 21 heavy (non-hydrogen) atoms. The molecule has 3 atom stereocenters. The van der Waals surface area contributed by atoms with Gasteiger partial charge in [0.15, 0.2) is 5.65 Å². The Bertz CT molecular complexity index is 632. The minimum Gasteiger partial charge on any atom is -0.311 e. The molecule has 2 heterocycles. The molecule has 0 saturated heterocycles. The van der Waals surface area contributed by atoms with Crippen LogP contribution < -0.4 is 0 Å². The number of hydrogen-bond donors (Lipinski definition) is 0. The van der Waals surface area contributed by atoms with E-state index in [1.165, 1.54) is 31.2 Å². The van der Waals surface area contributed by atoms with Crippen LogP contribution in [-0.4, -0.2) is 14.5 Å². The van der Waals surface area contributed by atoms with Crippen LogP contribution in [0, 0.1) is 18.8 Å². The van der Waals surface area contributed by atoms with Gasteiger partial charge in [-0.15, -0.1) is 11.6 Å². The lowest BCUT2D eigenvalue weighted by atomic mass is 9.80. The van der Waals surface area contributed by atoms with E-state index in [-0.39, 0.29) is 5.38 Å². The predicted octanol–water partition coefficient (Wildman–Crippen LogP) is 4.87.